The lowest BCUT2D eigenvalue weighted by atomic mass is 9.94. The van der Waals surface area contributed by atoms with Crippen molar-refractivity contribution < 1.29 is 14.3 Å². The maximum absolute atomic E-state index is 10.6. The average molecular weight is 272 g/mol. The first kappa shape index (κ1) is 18.2. The predicted molar refractivity (Wildman–Crippen MR) is 76.3 cm³/mol. The smallest absolute Gasteiger partial charge is 0.140 e. The lowest BCUT2D eigenvalue weighted by Gasteiger charge is -2.26. The van der Waals surface area contributed by atoms with Gasteiger partial charge in [0.1, 0.15) is 12.1 Å². The zero-order valence-electron chi connectivity index (χ0n) is 12.6. The van der Waals surface area contributed by atoms with E-state index in [0.29, 0.717) is 6.29 Å². The Morgan fingerprint density at radius 3 is 2.26 bits per heavy atom. The van der Waals surface area contributed by atoms with Crippen LogP contribution in [0.5, 0.6) is 0 Å². The number of nitrogens with zero attached hydrogens (tertiary/aromatic N) is 1. The van der Waals surface area contributed by atoms with Gasteiger partial charge in [-0.05, 0) is 19.9 Å². The average Bonchev–Trinajstić information content (AvgIpc) is 2.38. The number of carbonyl (C=O) groups is 2. The van der Waals surface area contributed by atoms with Gasteiger partial charge in [-0.15, -0.1) is 0 Å². The molecular weight excluding hydrogens is 244 g/mol. The quantitative estimate of drug-likeness (QED) is 0.566. The van der Waals surface area contributed by atoms with Crippen LogP contribution < -0.4 is 5.32 Å². The van der Waals surface area contributed by atoms with Gasteiger partial charge in [-0.2, -0.15) is 0 Å². The van der Waals surface area contributed by atoms with Gasteiger partial charge in [0.25, 0.3) is 0 Å². The molecule has 5 heteroatoms. The van der Waals surface area contributed by atoms with Crippen molar-refractivity contribution in [2.45, 2.75) is 20.8 Å². The largest absolute Gasteiger partial charge is 0.379 e. The topological polar surface area (TPSA) is 58.6 Å². The first-order chi connectivity index (χ1) is 9.02. The summed E-state index contributed by atoms with van der Waals surface area (Å²) in [6.07, 6.45) is 0.715. The number of nitrogens with one attached hydrogen (secondary N) is 1. The van der Waals surface area contributed by atoms with E-state index in [2.05, 4.69) is 10.2 Å². The Hall–Kier alpha value is -0.780. The van der Waals surface area contributed by atoms with Crippen LogP contribution in [-0.4, -0.2) is 63.4 Å². The van der Waals surface area contributed by atoms with Gasteiger partial charge in [0, 0.05) is 26.2 Å². The molecule has 0 bridgehead atoms. The van der Waals surface area contributed by atoms with E-state index in [-0.39, 0.29) is 11.7 Å². The minimum absolute atomic E-state index is 0.0417. The number of hydrogen-bond acceptors (Lipinski definition) is 5. The summed E-state index contributed by atoms with van der Waals surface area (Å²) in [5.74, 6) is -0.301. The SMILES string of the molecule is CC(=O)C(C=O)C(C)C.CNCCN1CCOCC1. The Bertz CT molecular complexity index is 251. The molecule has 0 aromatic carbocycles. The number of rotatable bonds is 6. The minimum atomic E-state index is -0.398. The van der Waals surface area contributed by atoms with Gasteiger partial charge >= 0.3 is 0 Å². The monoisotopic (exact) mass is 272 g/mol. The molecule has 0 amide bonds. The molecule has 1 N–H and O–H groups in total. The molecule has 0 aromatic heterocycles. The first-order valence-corrected chi connectivity index (χ1v) is 6.93. The highest BCUT2D eigenvalue weighted by Crippen LogP contribution is 2.07. The number of morpholine rings is 1. The summed E-state index contributed by atoms with van der Waals surface area (Å²) in [6.45, 7) is 11.4. The van der Waals surface area contributed by atoms with E-state index in [1.54, 1.807) is 0 Å². The highest BCUT2D eigenvalue weighted by atomic mass is 16.5. The number of Topliss-reactive ketones (excluding diaryl/α,β-unsaturated/α-hetero) is 1. The van der Waals surface area contributed by atoms with Gasteiger partial charge in [0.05, 0.1) is 19.1 Å². The third kappa shape index (κ3) is 8.86. The fourth-order valence-corrected chi connectivity index (χ4v) is 1.82. The second-order valence-electron chi connectivity index (χ2n) is 5.07. The zero-order valence-corrected chi connectivity index (χ0v) is 12.6. The second kappa shape index (κ2) is 11.1. The van der Waals surface area contributed by atoms with Crippen LogP contribution >= 0.6 is 0 Å². The predicted octanol–water partition coefficient (Wildman–Crippen LogP) is 0.585. The maximum Gasteiger partial charge on any atom is 0.140 e. The van der Waals surface area contributed by atoms with Crippen LogP contribution in [-0.2, 0) is 14.3 Å². The summed E-state index contributed by atoms with van der Waals surface area (Å²) < 4.78 is 5.22. The van der Waals surface area contributed by atoms with Crippen molar-refractivity contribution in [2.75, 3.05) is 46.4 Å². The van der Waals surface area contributed by atoms with Crippen molar-refractivity contribution in [3.63, 3.8) is 0 Å². The highest BCUT2D eigenvalue weighted by Gasteiger charge is 2.16. The van der Waals surface area contributed by atoms with E-state index in [1.807, 2.05) is 20.9 Å². The van der Waals surface area contributed by atoms with Crippen molar-refractivity contribution in [3.05, 3.63) is 0 Å². The van der Waals surface area contributed by atoms with Crippen molar-refractivity contribution in [1.82, 2.24) is 10.2 Å². The highest BCUT2D eigenvalue weighted by molar-refractivity contribution is 5.91. The summed E-state index contributed by atoms with van der Waals surface area (Å²) in [5, 5.41) is 3.13. The summed E-state index contributed by atoms with van der Waals surface area (Å²) >= 11 is 0. The van der Waals surface area contributed by atoms with E-state index < -0.39 is 5.92 Å². The van der Waals surface area contributed by atoms with Crippen molar-refractivity contribution in [1.29, 1.82) is 0 Å². The molecule has 0 aliphatic carbocycles. The number of ketones is 1. The number of hydrogen-bond donors (Lipinski definition) is 1. The molecular formula is C14H28N2O3. The number of ether oxygens (including phenoxy) is 1. The Labute approximate surface area is 116 Å². The van der Waals surface area contributed by atoms with Crippen LogP contribution in [0.2, 0.25) is 0 Å². The normalized spacial score (nSPS) is 17.5. The Morgan fingerprint density at radius 2 is 1.95 bits per heavy atom. The van der Waals surface area contributed by atoms with Gasteiger partial charge < -0.3 is 14.8 Å². The molecule has 1 fully saturated rings. The van der Waals surface area contributed by atoms with Crippen molar-refractivity contribution in [3.8, 4) is 0 Å². The van der Waals surface area contributed by atoms with E-state index in [9.17, 15) is 9.59 Å². The zero-order chi connectivity index (χ0) is 14.7. The molecule has 1 aliphatic heterocycles. The molecule has 1 rings (SSSR count). The van der Waals surface area contributed by atoms with Gasteiger partial charge in [0.15, 0.2) is 0 Å². The first-order valence-electron chi connectivity index (χ1n) is 6.93. The molecule has 0 saturated carbocycles. The molecule has 0 spiro atoms. The molecule has 19 heavy (non-hydrogen) atoms. The molecule has 0 aromatic rings. The molecule has 1 heterocycles. The van der Waals surface area contributed by atoms with Crippen molar-refractivity contribution in [2.24, 2.45) is 11.8 Å². The molecule has 1 unspecified atom stereocenters. The fraction of sp³-hybridized carbons (Fsp3) is 0.857. The van der Waals surface area contributed by atoms with Crippen LogP contribution in [0, 0.1) is 11.8 Å². The molecule has 112 valence electrons. The van der Waals surface area contributed by atoms with Crippen LogP contribution in [0.25, 0.3) is 0 Å². The van der Waals surface area contributed by atoms with E-state index in [0.717, 1.165) is 39.4 Å². The van der Waals surface area contributed by atoms with E-state index >= 15 is 0 Å². The van der Waals surface area contributed by atoms with Gasteiger partial charge in [-0.1, -0.05) is 13.8 Å². The van der Waals surface area contributed by atoms with Crippen LogP contribution in [0.3, 0.4) is 0 Å². The number of likely N-dealkylation sites (N-methyl/N-ethyl adjacent to an activating group) is 1. The fourth-order valence-electron chi connectivity index (χ4n) is 1.82. The summed E-state index contributed by atoms with van der Waals surface area (Å²) in [7, 11) is 1.99. The maximum atomic E-state index is 10.6. The number of aldehydes is 1. The number of carbonyl (C=O) groups excluding carboxylic acids is 2. The van der Waals surface area contributed by atoms with Crippen LogP contribution in [0.15, 0.2) is 0 Å². The van der Waals surface area contributed by atoms with Gasteiger partial charge in [-0.3, -0.25) is 9.69 Å². The van der Waals surface area contributed by atoms with Crippen LogP contribution in [0.1, 0.15) is 20.8 Å². The Balaban J connectivity index is 0.000000344. The minimum Gasteiger partial charge on any atom is -0.379 e. The molecule has 1 atom stereocenters. The van der Waals surface area contributed by atoms with Crippen LogP contribution in [0.4, 0.5) is 0 Å². The third-order valence-electron chi connectivity index (χ3n) is 3.12. The summed E-state index contributed by atoms with van der Waals surface area (Å²) in [6, 6.07) is 0. The van der Waals surface area contributed by atoms with E-state index in [4.69, 9.17) is 4.74 Å². The molecule has 1 saturated heterocycles. The van der Waals surface area contributed by atoms with E-state index in [1.165, 1.54) is 6.92 Å². The second-order valence-corrected chi connectivity index (χ2v) is 5.07. The van der Waals surface area contributed by atoms with Gasteiger partial charge in [0.2, 0.25) is 0 Å². The lowest BCUT2D eigenvalue weighted by Crippen LogP contribution is -2.39. The van der Waals surface area contributed by atoms with Gasteiger partial charge in [-0.25, -0.2) is 0 Å². The molecule has 5 nitrogen and oxygen atoms in total. The third-order valence-corrected chi connectivity index (χ3v) is 3.12. The standard InChI is InChI=1S/C7H16N2O.C7H12O2/c1-8-2-3-9-4-6-10-7-5-9;1-5(2)7(4-8)6(3)9/h8H,2-7H2,1H3;4-5,7H,1-3H3. The Morgan fingerprint density at radius 1 is 1.37 bits per heavy atom. The summed E-state index contributed by atoms with van der Waals surface area (Å²) in [4.78, 5) is 23.2. The Kier molecular flexibility index (Phi) is 10.6. The summed E-state index contributed by atoms with van der Waals surface area (Å²) in [5.41, 5.74) is 0. The lowest BCUT2D eigenvalue weighted by molar-refractivity contribution is -0.127. The molecule has 1 aliphatic rings. The molecule has 0 radical (unpaired) electrons. The van der Waals surface area contributed by atoms with Crippen molar-refractivity contribution >= 4 is 12.1 Å².